The summed E-state index contributed by atoms with van der Waals surface area (Å²) in [7, 11) is 0. The zero-order valence-electron chi connectivity index (χ0n) is 11.2. The molecule has 0 aliphatic heterocycles. The minimum atomic E-state index is -0.107. The number of nitrogens with one attached hydrogen (secondary N) is 2. The molecule has 3 heteroatoms. The third kappa shape index (κ3) is 2.79. The number of Topliss-reactive ketones (excluding diaryl/α,β-unsaturated/α-hetero) is 1. The number of fused-ring (bicyclic) bond motifs is 1. The van der Waals surface area contributed by atoms with Gasteiger partial charge in [-0.3, -0.25) is 4.79 Å². The lowest BCUT2D eigenvalue weighted by atomic mass is 10.0. The van der Waals surface area contributed by atoms with Crippen molar-refractivity contribution in [2.45, 2.75) is 39.3 Å². The maximum Gasteiger partial charge on any atom is 0.147 e. The van der Waals surface area contributed by atoms with Crippen molar-refractivity contribution in [3.05, 3.63) is 36.0 Å². The van der Waals surface area contributed by atoms with Crippen molar-refractivity contribution >= 4 is 16.7 Å². The zero-order valence-corrected chi connectivity index (χ0v) is 11.2. The van der Waals surface area contributed by atoms with E-state index in [1.807, 2.05) is 18.3 Å². The van der Waals surface area contributed by atoms with Gasteiger partial charge in [0.1, 0.15) is 5.78 Å². The summed E-state index contributed by atoms with van der Waals surface area (Å²) < 4.78 is 0. The van der Waals surface area contributed by atoms with E-state index in [4.69, 9.17) is 0 Å². The van der Waals surface area contributed by atoms with Crippen molar-refractivity contribution in [2.75, 3.05) is 0 Å². The average Bonchev–Trinajstić information content (AvgIpc) is 2.71. The van der Waals surface area contributed by atoms with Crippen LogP contribution in [0.4, 0.5) is 0 Å². The van der Waals surface area contributed by atoms with Gasteiger partial charge in [0.25, 0.3) is 0 Å². The van der Waals surface area contributed by atoms with E-state index in [2.05, 4.69) is 36.3 Å². The summed E-state index contributed by atoms with van der Waals surface area (Å²) in [5, 5.41) is 4.52. The largest absolute Gasteiger partial charge is 0.361 e. The highest BCUT2D eigenvalue weighted by molar-refractivity contribution is 5.86. The van der Waals surface area contributed by atoms with Gasteiger partial charge in [-0.1, -0.05) is 32.0 Å². The van der Waals surface area contributed by atoms with Gasteiger partial charge in [0.2, 0.25) is 0 Å². The fourth-order valence-corrected chi connectivity index (χ4v) is 2.24. The third-order valence-electron chi connectivity index (χ3n) is 3.12. The predicted molar refractivity (Wildman–Crippen MR) is 74.7 cm³/mol. The monoisotopic (exact) mass is 244 g/mol. The molecule has 2 rings (SSSR count). The molecule has 1 atom stereocenters. The van der Waals surface area contributed by atoms with Crippen LogP contribution in [0.15, 0.2) is 30.5 Å². The molecular weight excluding hydrogens is 224 g/mol. The van der Waals surface area contributed by atoms with Gasteiger partial charge < -0.3 is 10.3 Å². The van der Waals surface area contributed by atoms with E-state index in [-0.39, 0.29) is 11.8 Å². The summed E-state index contributed by atoms with van der Waals surface area (Å²) in [5.74, 6) is 0.189. The molecule has 1 aromatic carbocycles. The molecule has 1 aromatic heterocycles. The van der Waals surface area contributed by atoms with Crippen LogP contribution >= 0.6 is 0 Å². The normalized spacial score (nSPS) is 13.1. The maximum absolute atomic E-state index is 11.7. The predicted octanol–water partition coefficient (Wildman–Crippen LogP) is 2.67. The number of hydrogen-bond donors (Lipinski definition) is 2. The van der Waals surface area contributed by atoms with Crippen molar-refractivity contribution in [1.82, 2.24) is 10.3 Å². The molecule has 0 spiro atoms. The van der Waals surface area contributed by atoms with Crippen LogP contribution in [-0.2, 0) is 11.2 Å². The highest BCUT2D eigenvalue weighted by atomic mass is 16.1. The molecule has 0 saturated carbocycles. The second-order valence-corrected chi connectivity index (χ2v) is 5.05. The molecule has 1 unspecified atom stereocenters. The molecular formula is C15H20N2O. The van der Waals surface area contributed by atoms with Crippen molar-refractivity contribution in [1.29, 1.82) is 0 Å². The molecule has 0 amide bonds. The Morgan fingerprint density at radius 2 is 2.06 bits per heavy atom. The van der Waals surface area contributed by atoms with E-state index in [9.17, 15) is 4.79 Å². The lowest BCUT2D eigenvalue weighted by Crippen LogP contribution is -2.41. The Labute approximate surface area is 108 Å². The number of benzene rings is 1. The van der Waals surface area contributed by atoms with Crippen molar-refractivity contribution in [3.63, 3.8) is 0 Å². The summed E-state index contributed by atoms with van der Waals surface area (Å²) in [6.45, 7) is 5.77. The Balaban J connectivity index is 2.23. The number of aromatic nitrogens is 1. The van der Waals surface area contributed by atoms with Gasteiger partial charge in [0.05, 0.1) is 6.04 Å². The molecule has 0 fully saturated rings. The molecule has 0 radical (unpaired) electrons. The van der Waals surface area contributed by atoms with Crippen LogP contribution in [0.1, 0.15) is 26.3 Å². The number of ketones is 1. The van der Waals surface area contributed by atoms with E-state index < -0.39 is 0 Å². The van der Waals surface area contributed by atoms with Crippen molar-refractivity contribution < 1.29 is 4.79 Å². The van der Waals surface area contributed by atoms with Crippen LogP contribution in [0, 0.1) is 0 Å². The molecule has 1 heterocycles. The van der Waals surface area contributed by atoms with Crippen LogP contribution in [0.3, 0.4) is 0 Å². The standard InChI is InChI=1S/C15H20N2O/c1-10(2)17-15(11(3)18)8-12-9-16-14-7-5-4-6-13(12)14/h4-7,9-10,15-17H,8H2,1-3H3. The van der Waals surface area contributed by atoms with Gasteiger partial charge in [-0.2, -0.15) is 0 Å². The Hall–Kier alpha value is -1.61. The minimum Gasteiger partial charge on any atom is -0.361 e. The topological polar surface area (TPSA) is 44.9 Å². The molecule has 18 heavy (non-hydrogen) atoms. The fourth-order valence-electron chi connectivity index (χ4n) is 2.24. The van der Waals surface area contributed by atoms with Crippen molar-refractivity contribution in [2.24, 2.45) is 0 Å². The van der Waals surface area contributed by atoms with Gasteiger partial charge in [-0.15, -0.1) is 0 Å². The van der Waals surface area contributed by atoms with E-state index in [1.54, 1.807) is 6.92 Å². The first-order chi connectivity index (χ1) is 8.58. The maximum atomic E-state index is 11.7. The minimum absolute atomic E-state index is 0.107. The van der Waals surface area contributed by atoms with Crippen molar-refractivity contribution in [3.8, 4) is 0 Å². The summed E-state index contributed by atoms with van der Waals surface area (Å²) in [5.41, 5.74) is 2.32. The molecule has 2 aromatic rings. The van der Waals surface area contributed by atoms with Crippen LogP contribution in [-0.4, -0.2) is 22.9 Å². The molecule has 3 nitrogen and oxygen atoms in total. The molecule has 96 valence electrons. The third-order valence-corrected chi connectivity index (χ3v) is 3.12. The average molecular weight is 244 g/mol. The van der Waals surface area contributed by atoms with Crippen LogP contribution in [0.5, 0.6) is 0 Å². The van der Waals surface area contributed by atoms with Gasteiger partial charge in [-0.25, -0.2) is 0 Å². The molecule has 0 saturated heterocycles. The second-order valence-electron chi connectivity index (χ2n) is 5.05. The zero-order chi connectivity index (χ0) is 13.1. The highest BCUT2D eigenvalue weighted by Gasteiger charge is 2.17. The van der Waals surface area contributed by atoms with Gasteiger partial charge in [-0.05, 0) is 25.0 Å². The van der Waals surface area contributed by atoms with E-state index in [0.29, 0.717) is 6.04 Å². The van der Waals surface area contributed by atoms with Gasteiger partial charge in [0.15, 0.2) is 0 Å². The van der Waals surface area contributed by atoms with Crippen LogP contribution in [0.2, 0.25) is 0 Å². The second kappa shape index (κ2) is 5.36. The lowest BCUT2D eigenvalue weighted by Gasteiger charge is -2.18. The molecule has 0 bridgehead atoms. The number of aromatic amines is 1. The molecule has 0 aliphatic carbocycles. The fraction of sp³-hybridized carbons (Fsp3) is 0.400. The molecule has 2 N–H and O–H groups in total. The summed E-state index contributed by atoms with van der Waals surface area (Å²) in [6.07, 6.45) is 2.74. The summed E-state index contributed by atoms with van der Waals surface area (Å²) in [4.78, 5) is 14.9. The van der Waals surface area contributed by atoms with E-state index in [1.165, 1.54) is 10.9 Å². The SMILES string of the molecule is CC(=O)C(Cc1c[nH]c2ccccc12)NC(C)C. The number of rotatable bonds is 5. The number of para-hydroxylation sites is 1. The molecule has 0 aliphatic rings. The quantitative estimate of drug-likeness (QED) is 0.849. The number of carbonyl (C=O) groups excluding carboxylic acids is 1. The van der Waals surface area contributed by atoms with Crippen LogP contribution < -0.4 is 5.32 Å². The lowest BCUT2D eigenvalue weighted by molar-refractivity contribution is -0.119. The van der Waals surface area contributed by atoms with E-state index in [0.717, 1.165) is 11.9 Å². The first-order valence-electron chi connectivity index (χ1n) is 6.39. The Morgan fingerprint density at radius 1 is 1.33 bits per heavy atom. The Morgan fingerprint density at radius 3 is 2.72 bits per heavy atom. The first kappa shape index (κ1) is 12.8. The highest BCUT2D eigenvalue weighted by Crippen LogP contribution is 2.19. The first-order valence-corrected chi connectivity index (χ1v) is 6.39. The Bertz CT molecular complexity index is 542. The number of hydrogen-bond acceptors (Lipinski definition) is 2. The summed E-state index contributed by atoms with van der Waals surface area (Å²) >= 11 is 0. The van der Waals surface area contributed by atoms with E-state index >= 15 is 0 Å². The summed E-state index contributed by atoms with van der Waals surface area (Å²) in [6, 6.07) is 8.38. The number of H-pyrrole nitrogens is 1. The van der Waals surface area contributed by atoms with Gasteiger partial charge in [0, 0.05) is 23.1 Å². The smallest absolute Gasteiger partial charge is 0.147 e. The Kier molecular flexibility index (Phi) is 3.82. The van der Waals surface area contributed by atoms with Gasteiger partial charge >= 0.3 is 0 Å². The van der Waals surface area contributed by atoms with Crippen LogP contribution in [0.25, 0.3) is 10.9 Å². The number of carbonyl (C=O) groups is 1.